The molecule has 0 bridgehead atoms. The molecule has 0 aliphatic carbocycles. The van der Waals surface area contributed by atoms with Crippen LogP contribution in [-0.2, 0) is 0 Å². The number of allylic oxidation sites excluding steroid dienone is 1. The molecule has 0 aliphatic heterocycles. The molecule has 0 radical (unpaired) electrons. The summed E-state index contributed by atoms with van der Waals surface area (Å²) >= 11 is 0. The summed E-state index contributed by atoms with van der Waals surface area (Å²) in [5.74, 6) is 0. The molecule has 1 nitrogen and oxygen atoms in total. The summed E-state index contributed by atoms with van der Waals surface area (Å²) in [5, 5.41) is 0. The predicted octanol–water partition coefficient (Wildman–Crippen LogP) is 7.21. The van der Waals surface area contributed by atoms with Crippen LogP contribution in [0, 0.1) is 0 Å². The van der Waals surface area contributed by atoms with Crippen LogP contribution in [-0.4, -0.2) is 52.4 Å². The van der Waals surface area contributed by atoms with Gasteiger partial charge in [0.2, 0.25) is 0 Å². The molecule has 0 saturated heterocycles. The Labute approximate surface area is 254 Å². The van der Waals surface area contributed by atoms with E-state index in [2.05, 4.69) is 34.3 Å². The SMILES string of the molecule is C=CC.CCCC[N+](CCCC)(CCCC)CCCC.F[B-](F)(F)F.F[B-](F)(F)F.F[B-](F)(F)F.[H-].[K+]. The normalized spacial score (nSPS) is 11.0. The summed E-state index contributed by atoms with van der Waals surface area (Å²) in [6, 6.07) is 0. The van der Waals surface area contributed by atoms with Crippen LogP contribution in [0.1, 0.15) is 87.4 Å². The summed E-state index contributed by atoms with van der Waals surface area (Å²) in [6.45, 7) is 20.3. The topological polar surface area (TPSA) is 0 Å². The van der Waals surface area contributed by atoms with Crippen molar-refractivity contribution in [1.29, 1.82) is 0 Å². The second-order valence-electron chi connectivity index (χ2n) is 7.54. The van der Waals surface area contributed by atoms with Crippen LogP contribution in [0.25, 0.3) is 0 Å². The third-order valence-corrected chi connectivity index (χ3v) is 3.94. The molecule has 0 atom stereocenters. The van der Waals surface area contributed by atoms with E-state index >= 15 is 0 Å². The molecule has 0 N–H and O–H groups in total. The van der Waals surface area contributed by atoms with E-state index < -0.39 is 21.8 Å². The average molecular weight is 585 g/mol. The van der Waals surface area contributed by atoms with E-state index in [0.29, 0.717) is 0 Å². The van der Waals surface area contributed by atoms with Gasteiger partial charge in [0.1, 0.15) is 0 Å². The molecule has 0 saturated carbocycles. The number of rotatable bonds is 12. The van der Waals surface area contributed by atoms with Gasteiger partial charge in [-0.1, -0.05) is 59.5 Å². The summed E-state index contributed by atoms with van der Waals surface area (Å²) in [7, 11) is -18.0. The van der Waals surface area contributed by atoms with Crippen molar-refractivity contribution in [1.82, 2.24) is 0 Å². The predicted molar refractivity (Wildman–Crippen MR) is 127 cm³/mol. The van der Waals surface area contributed by atoms with E-state index in [1.54, 1.807) is 6.08 Å². The number of hydrogen-bond acceptors (Lipinski definition) is 0. The number of halogens is 12. The maximum Gasteiger partial charge on any atom is 1.00 e. The second kappa shape index (κ2) is 30.2. The Morgan fingerprint density at radius 2 is 0.639 bits per heavy atom. The van der Waals surface area contributed by atoms with Crippen molar-refractivity contribution in [3.05, 3.63) is 12.7 Å². The van der Waals surface area contributed by atoms with Gasteiger partial charge in [0.05, 0.1) is 26.2 Å². The van der Waals surface area contributed by atoms with Crippen LogP contribution in [0.15, 0.2) is 12.7 Å². The van der Waals surface area contributed by atoms with Crippen LogP contribution < -0.4 is 51.4 Å². The first-order valence-electron chi connectivity index (χ1n) is 11.7. The molecule has 0 aromatic heterocycles. The molecule has 0 amide bonds. The van der Waals surface area contributed by atoms with Gasteiger partial charge in [-0.3, -0.25) is 0 Å². The first-order valence-corrected chi connectivity index (χ1v) is 11.7. The minimum Gasteiger partial charge on any atom is -1.00 e. The molecule has 0 aromatic rings. The van der Waals surface area contributed by atoms with Gasteiger partial charge in [-0.15, -0.1) is 6.58 Å². The molecular formula is C19H43B3F12KN-2. The molecule has 0 spiro atoms. The maximum atomic E-state index is 9.75. The van der Waals surface area contributed by atoms with Crippen molar-refractivity contribution in [2.45, 2.75) is 86.0 Å². The van der Waals surface area contributed by atoms with Crippen LogP contribution >= 0.6 is 0 Å². The van der Waals surface area contributed by atoms with Gasteiger partial charge in [0, 0.05) is 0 Å². The van der Waals surface area contributed by atoms with Crippen LogP contribution in [0.5, 0.6) is 0 Å². The maximum absolute atomic E-state index is 9.75. The molecule has 0 heterocycles. The average Bonchev–Trinajstić information content (AvgIpc) is 2.63. The van der Waals surface area contributed by atoms with Gasteiger partial charge in [-0.25, -0.2) is 0 Å². The Bertz CT molecular complexity index is 360. The van der Waals surface area contributed by atoms with Gasteiger partial charge in [-0.05, 0) is 32.6 Å². The quantitative estimate of drug-likeness (QED) is 0.0984. The fraction of sp³-hybridized carbons (Fsp3) is 0.895. The van der Waals surface area contributed by atoms with Crippen molar-refractivity contribution in [3.63, 3.8) is 0 Å². The zero-order chi connectivity index (χ0) is 29.2. The number of quaternary nitrogens is 1. The van der Waals surface area contributed by atoms with E-state index in [9.17, 15) is 51.8 Å². The van der Waals surface area contributed by atoms with E-state index in [-0.39, 0.29) is 52.8 Å². The Kier molecular flexibility index (Phi) is 41.7. The van der Waals surface area contributed by atoms with Gasteiger partial charge in [0.15, 0.2) is 0 Å². The summed E-state index contributed by atoms with van der Waals surface area (Å²) in [6.07, 6.45) is 12.8. The van der Waals surface area contributed by atoms with Crippen molar-refractivity contribution in [2.24, 2.45) is 0 Å². The number of hydrogen-bond donors (Lipinski definition) is 0. The molecule has 0 aliphatic rings. The fourth-order valence-electron chi connectivity index (χ4n) is 2.64. The van der Waals surface area contributed by atoms with Crippen LogP contribution in [0.2, 0.25) is 0 Å². The van der Waals surface area contributed by atoms with Gasteiger partial charge < -0.3 is 57.7 Å². The smallest absolute Gasteiger partial charge is 1.00 e. The van der Waals surface area contributed by atoms with Crippen molar-refractivity contribution in [2.75, 3.05) is 26.2 Å². The van der Waals surface area contributed by atoms with Crippen LogP contribution in [0.3, 0.4) is 0 Å². The number of nitrogens with zero attached hydrogens (tertiary/aromatic N) is 1. The molecule has 220 valence electrons. The van der Waals surface area contributed by atoms with Gasteiger partial charge >= 0.3 is 73.1 Å². The third-order valence-electron chi connectivity index (χ3n) is 3.94. The molecule has 17 heteroatoms. The van der Waals surface area contributed by atoms with E-state index in [4.69, 9.17) is 0 Å². The molecule has 0 fully saturated rings. The summed E-state index contributed by atoms with van der Waals surface area (Å²) in [5.41, 5.74) is 0. The molecule has 36 heavy (non-hydrogen) atoms. The minimum atomic E-state index is -6.00. The van der Waals surface area contributed by atoms with Crippen LogP contribution in [0.4, 0.5) is 51.8 Å². The number of unbranched alkanes of at least 4 members (excludes halogenated alkanes) is 4. The largest absolute Gasteiger partial charge is 1.00 e. The molecule has 0 aromatic carbocycles. The summed E-state index contributed by atoms with van der Waals surface area (Å²) in [4.78, 5) is 0. The Hall–Kier alpha value is 0.691. The van der Waals surface area contributed by atoms with Crippen molar-refractivity contribution in [3.8, 4) is 0 Å². The monoisotopic (exact) mass is 585 g/mol. The van der Waals surface area contributed by atoms with Gasteiger partial charge in [0.25, 0.3) is 0 Å². The Morgan fingerprint density at radius 1 is 0.528 bits per heavy atom. The Morgan fingerprint density at radius 3 is 0.722 bits per heavy atom. The molecule has 0 unspecified atom stereocenters. The van der Waals surface area contributed by atoms with E-state index in [0.717, 1.165) is 0 Å². The van der Waals surface area contributed by atoms with E-state index in [1.165, 1.54) is 82.0 Å². The van der Waals surface area contributed by atoms with Crippen molar-refractivity contribution < 1.29 is 109 Å². The Balaban J connectivity index is -0.0000000740. The summed E-state index contributed by atoms with van der Waals surface area (Å²) < 4.78 is 118. The zero-order valence-corrected chi connectivity index (χ0v) is 25.6. The second-order valence-corrected chi connectivity index (χ2v) is 7.54. The molecular weight excluding hydrogens is 542 g/mol. The minimum absolute atomic E-state index is 0. The standard InChI is InChI=1S/C16H36N.C3H6.3BF4.K.H/c1-5-9-13-17(14-10-6-2,15-11-7-3)16-12-8-4;1-3-2;3*2-1(3,4)5;;/h5-16H2,1-4H3;3H,1H2,2H3;;;;;/q+1;;3*-1;+1;-1. The van der Waals surface area contributed by atoms with Crippen molar-refractivity contribution >= 4 is 21.8 Å². The first kappa shape index (κ1) is 49.6. The first-order chi connectivity index (χ1) is 15.7. The van der Waals surface area contributed by atoms with E-state index in [1.807, 2.05) is 6.92 Å². The molecule has 0 rings (SSSR count). The third kappa shape index (κ3) is 92.0. The fourth-order valence-corrected chi connectivity index (χ4v) is 2.64. The zero-order valence-electron chi connectivity index (χ0n) is 23.5. The van der Waals surface area contributed by atoms with Gasteiger partial charge in [-0.2, -0.15) is 0 Å².